The summed E-state index contributed by atoms with van der Waals surface area (Å²) in [6.07, 6.45) is 6.78. The number of amides is 3. The zero-order chi connectivity index (χ0) is 22.8. The number of ether oxygens (including phenoxy) is 1. The molecule has 9 heteroatoms. The molecule has 0 bridgehead atoms. The summed E-state index contributed by atoms with van der Waals surface area (Å²) in [5.74, 6) is 3.30. The lowest BCUT2D eigenvalue weighted by atomic mass is 9.17. The number of fused-ring (bicyclic) bond motifs is 1. The third-order valence-corrected chi connectivity index (χ3v) is 9.95. The van der Waals surface area contributed by atoms with Crippen LogP contribution in [0.25, 0.3) is 0 Å². The summed E-state index contributed by atoms with van der Waals surface area (Å²) in [4.78, 5) is 38.3. The van der Waals surface area contributed by atoms with Crippen molar-refractivity contribution in [2.75, 3.05) is 0 Å². The van der Waals surface area contributed by atoms with Crippen molar-refractivity contribution < 1.29 is 19.1 Å². The number of benzene rings is 1. The van der Waals surface area contributed by atoms with Crippen LogP contribution in [0.2, 0.25) is 0 Å². The van der Waals surface area contributed by atoms with Crippen molar-refractivity contribution in [1.29, 1.82) is 0 Å². The summed E-state index contributed by atoms with van der Waals surface area (Å²) < 4.78 is 8.18. The monoisotopic (exact) mass is 459 g/mol. The fraction of sp³-hybridized carbons (Fsp3) is 0.560. The van der Waals surface area contributed by atoms with Crippen LogP contribution in [0.3, 0.4) is 0 Å². The molecule has 6 aliphatic rings. The summed E-state index contributed by atoms with van der Waals surface area (Å²) in [5.41, 5.74) is 2.80. The van der Waals surface area contributed by atoms with E-state index >= 15 is 0 Å². The standard InChI is InChI=1S/C25H25N5O4/c31-21-5-4-19(23(32)26-21)29-10-16-15(24(29)33)2-1-3-20(16)34-11-14-9-30(28-27-14)22-17-7-12-6-13-8-18(22)25(12,13)17/h1-3,9,12-13,17-19,22H,4-8,10-11H2,(H,26,31,32). The van der Waals surface area contributed by atoms with Crippen molar-refractivity contribution in [2.45, 2.75) is 57.3 Å². The SMILES string of the molecule is O=C1CCC(N2Cc3c(OCc4cn(C5C6CC7CC8CC5C786)nn4)cccc3C2=O)C(=O)N1. The van der Waals surface area contributed by atoms with Gasteiger partial charge in [0.15, 0.2) is 0 Å². The van der Waals surface area contributed by atoms with Gasteiger partial charge in [-0.15, -0.1) is 5.10 Å². The Hall–Kier alpha value is -3.23. The van der Waals surface area contributed by atoms with Gasteiger partial charge in [-0.3, -0.25) is 19.7 Å². The Balaban J connectivity index is 0.971. The smallest absolute Gasteiger partial charge is 0.255 e. The zero-order valence-electron chi connectivity index (χ0n) is 18.6. The molecule has 5 fully saturated rings. The highest BCUT2D eigenvalue weighted by molar-refractivity contribution is 6.05. The topological polar surface area (TPSA) is 106 Å². The minimum atomic E-state index is -0.635. The second kappa shape index (κ2) is 6.25. The van der Waals surface area contributed by atoms with Crippen molar-refractivity contribution in [3.63, 3.8) is 0 Å². The first-order valence-electron chi connectivity index (χ1n) is 12.4. The Bertz CT molecular complexity index is 1260. The van der Waals surface area contributed by atoms with Gasteiger partial charge in [-0.2, -0.15) is 0 Å². The van der Waals surface area contributed by atoms with Gasteiger partial charge in [-0.05, 0) is 66.9 Å². The van der Waals surface area contributed by atoms with Crippen molar-refractivity contribution in [3.05, 3.63) is 41.2 Å². The number of nitrogens with zero attached hydrogens (tertiary/aromatic N) is 4. The number of piperidine rings is 1. The summed E-state index contributed by atoms with van der Waals surface area (Å²) >= 11 is 0. The van der Waals surface area contributed by atoms with E-state index in [4.69, 9.17) is 4.74 Å². The molecule has 3 heterocycles. The van der Waals surface area contributed by atoms with Gasteiger partial charge in [0.1, 0.15) is 24.1 Å². The molecule has 174 valence electrons. The molecule has 34 heavy (non-hydrogen) atoms. The normalized spacial score (nSPS) is 38.5. The van der Waals surface area contributed by atoms with Crippen molar-refractivity contribution >= 4 is 17.7 Å². The first-order valence-corrected chi connectivity index (χ1v) is 12.4. The van der Waals surface area contributed by atoms with E-state index in [-0.39, 0.29) is 24.8 Å². The number of hydrogen-bond acceptors (Lipinski definition) is 6. The first kappa shape index (κ1) is 19.1. The molecule has 8 rings (SSSR count). The molecule has 3 amide bonds. The quantitative estimate of drug-likeness (QED) is 0.684. The van der Waals surface area contributed by atoms with E-state index in [0.717, 1.165) is 34.9 Å². The molecular formula is C25H25N5O4. The molecule has 1 N–H and O–H groups in total. The van der Waals surface area contributed by atoms with Crippen molar-refractivity contribution in [1.82, 2.24) is 25.2 Å². The van der Waals surface area contributed by atoms with Crippen LogP contribution in [-0.4, -0.2) is 43.7 Å². The fourth-order valence-electron chi connectivity index (χ4n) is 8.48. The second-order valence-electron chi connectivity index (χ2n) is 11.0. The molecule has 2 aromatic rings. The van der Waals surface area contributed by atoms with E-state index in [1.807, 2.05) is 12.3 Å². The Morgan fingerprint density at radius 3 is 2.71 bits per heavy atom. The highest BCUT2D eigenvalue weighted by atomic mass is 16.5. The van der Waals surface area contributed by atoms with Crippen LogP contribution in [0.15, 0.2) is 24.4 Å². The number of carbonyl (C=O) groups is 3. The maximum atomic E-state index is 13.0. The average molecular weight is 460 g/mol. The number of aromatic nitrogens is 3. The third-order valence-electron chi connectivity index (χ3n) is 9.95. The van der Waals surface area contributed by atoms with Gasteiger partial charge in [0.25, 0.3) is 5.91 Å². The average Bonchev–Trinajstić information content (AvgIpc) is 3.36. The van der Waals surface area contributed by atoms with Crippen LogP contribution in [0.4, 0.5) is 0 Å². The summed E-state index contributed by atoms with van der Waals surface area (Å²) in [5, 5.41) is 11.2. The molecule has 5 atom stereocenters. The van der Waals surface area contributed by atoms with Gasteiger partial charge in [-0.25, -0.2) is 4.68 Å². The van der Waals surface area contributed by atoms with E-state index in [2.05, 4.69) is 20.3 Å². The van der Waals surface area contributed by atoms with Crippen LogP contribution >= 0.6 is 0 Å². The zero-order valence-corrected chi connectivity index (χ0v) is 18.6. The van der Waals surface area contributed by atoms with E-state index < -0.39 is 11.9 Å². The molecule has 4 saturated carbocycles. The fourth-order valence-corrected chi connectivity index (χ4v) is 8.48. The van der Waals surface area contributed by atoms with Crippen LogP contribution < -0.4 is 10.1 Å². The highest BCUT2D eigenvalue weighted by Gasteiger charge is 2.85. The van der Waals surface area contributed by atoms with Gasteiger partial charge in [0, 0.05) is 17.5 Å². The molecule has 5 unspecified atom stereocenters. The predicted molar refractivity (Wildman–Crippen MR) is 116 cm³/mol. The molecule has 1 saturated heterocycles. The van der Waals surface area contributed by atoms with E-state index in [1.165, 1.54) is 19.3 Å². The Morgan fingerprint density at radius 1 is 1.12 bits per heavy atom. The van der Waals surface area contributed by atoms with Gasteiger partial charge >= 0.3 is 0 Å². The van der Waals surface area contributed by atoms with Crippen molar-refractivity contribution in [2.24, 2.45) is 29.1 Å². The summed E-state index contributed by atoms with van der Waals surface area (Å²) in [6, 6.07) is 5.28. The number of carbonyl (C=O) groups excluding carboxylic acids is 3. The van der Waals surface area contributed by atoms with Crippen LogP contribution in [0.1, 0.15) is 59.8 Å². The maximum Gasteiger partial charge on any atom is 0.255 e. The molecule has 1 aromatic carbocycles. The Kier molecular flexibility index (Phi) is 3.52. The third kappa shape index (κ3) is 2.14. The molecule has 9 nitrogen and oxygen atoms in total. The molecule has 1 spiro atoms. The summed E-state index contributed by atoms with van der Waals surface area (Å²) in [6.45, 7) is 0.570. The number of hydrogen-bond donors (Lipinski definition) is 1. The summed E-state index contributed by atoms with van der Waals surface area (Å²) in [7, 11) is 0. The molecule has 2 aliphatic heterocycles. The molecule has 4 aliphatic carbocycles. The Labute approximate surface area is 195 Å². The Morgan fingerprint density at radius 2 is 1.94 bits per heavy atom. The lowest BCUT2D eigenvalue weighted by Crippen LogP contribution is -2.83. The maximum absolute atomic E-state index is 13.0. The minimum absolute atomic E-state index is 0.201. The van der Waals surface area contributed by atoms with E-state index in [0.29, 0.717) is 35.7 Å². The van der Waals surface area contributed by atoms with E-state index in [9.17, 15) is 14.4 Å². The highest BCUT2D eigenvalue weighted by Crippen LogP contribution is 2.90. The van der Waals surface area contributed by atoms with Gasteiger partial charge in [0.2, 0.25) is 11.8 Å². The lowest BCUT2D eigenvalue weighted by Gasteiger charge is -2.88. The largest absolute Gasteiger partial charge is 0.487 e. The van der Waals surface area contributed by atoms with Crippen LogP contribution in [-0.2, 0) is 22.7 Å². The molecule has 0 radical (unpaired) electrons. The van der Waals surface area contributed by atoms with Crippen molar-refractivity contribution in [3.8, 4) is 5.75 Å². The first-order chi connectivity index (χ1) is 16.6. The predicted octanol–water partition coefficient (Wildman–Crippen LogP) is 1.84. The van der Waals surface area contributed by atoms with Gasteiger partial charge < -0.3 is 9.64 Å². The lowest BCUT2D eigenvalue weighted by molar-refractivity contribution is -0.404. The van der Waals surface area contributed by atoms with Crippen LogP contribution in [0, 0.1) is 29.1 Å². The number of nitrogens with one attached hydrogen (secondary N) is 1. The molecular weight excluding hydrogens is 434 g/mol. The number of imide groups is 1. The second-order valence-corrected chi connectivity index (χ2v) is 11.0. The van der Waals surface area contributed by atoms with Gasteiger partial charge in [0.05, 0.1) is 18.8 Å². The number of rotatable bonds is 5. The van der Waals surface area contributed by atoms with Crippen LogP contribution in [0.5, 0.6) is 5.75 Å². The van der Waals surface area contributed by atoms with E-state index in [1.54, 1.807) is 17.0 Å². The minimum Gasteiger partial charge on any atom is -0.487 e. The molecule has 1 aromatic heterocycles. The van der Waals surface area contributed by atoms with Gasteiger partial charge in [-0.1, -0.05) is 11.3 Å².